The van der Waals surface area contributed by atoms with E-state index in [-0.39, 0.29) is 5.56 Å². The van der Waals surface area contributed by atoms with Crippen molar-refractivity contribution in [1.29, 1.82) is 0 Å². The highest BCUT2D eigenvalue weighted by atomic mass is 35.5. The normalized spacial score (nSPS) is 10.4. The average Bonchev–Trinajstić information content (AvgIpc) is 2.98. The first-order valence-corrected chi connectivity index (χ1v) is 7.08. The Morgan fingerprint density at radius 2 is 2.33 bits per heavy atom. The molecule has 0 saturated carbocycles. The van der Waals surface area contributed by atoms with Crippen LogP contribution in [-0.2, 0) is 6.54 Å². The van der Waals surface area contributed by atoms with Crippen LogP contribution in [0.25, 0.3) is 0 Å². The number of nitrogens with one attached hydrogen (secondary N) is 2. The predicted octanol–water partition coefficient (Wildman–Crippen LogP) is 3.35. The fourth-order valence-corrected chi connectivity index (χ4v) is 2.50. The van der Waals surface area contributed by atoms with Crippen molar-refractivity contribution in [3.8, 4) is 5.75 Å². The average molecular weight is 329 g/mol. The van der Waals surface area contributed by atoms with Crippen LogP contribution in [0.1, 0.15) is 16.1 Å². The summed E-state index contributed by atoms with van der Waals surface area (Å²) in [5.41, 5.74) is 0.520. The Labute approximate surface area is 130 Å². The van der Waals surface area contributed by atoms with Gasteiger partial charge in [-0.1, -0.05) is 0 Å². The van der Waals surface area contributed by atoms with Gasteiger partial charge in [-0.3, -0.25) is 4.72 Å². The van der Waals surface area contributed by atoms with Crippen molar-refractivity contribution in [2.24, 2.45) is 0 Å². The van der Waals surface area contributed by atoms with Crippen molar-refractivity contribution < 1.29 is 18.6 Å². The molecule has 0 fully saturated rings. The minimum atomic E-state index is -1.05. The standard InChI is InChI=1S/C13H13ClN2O4S/c1-15-21-12-5-9(13(17)18)10(6-11(12)20-14)16-7-8-3-2-4-19-8/h2-6,15-16H,7H2,1H3,(H,17,18). The molecule has 0 unspecified atom stereocenters. The van der Waals surface area contributed by atoms with Crippen LogP contribution in [0.3, 0.4) is 0 Å². The molecule has 3 N–H and O–H groups in total. The summed E-state index contributed by atoms with van der Waals surface area (Å²) in [7, 11) is 1.71. The van der Waals surface area contributed by atoms with Crippen LogP contribution in [0.2, 0.25) is 0 Å². The maximum Gasteiger partial charge on any atom is 0.337 e. The zero-order valence-corrected chi connectivity index (χ0v) is 12.6. The van der Waals surface area contributed by atoms with Crippen LogP contribution < -0.4 is 14.3 Å². The first kappa shape index (κ1) is 15.6. The van der Waals surface area contributed by atoms with Gasteiger partial charge in [0.1, 0.15) is 17.6 Å². The number of furan rings is 1. The minimum Gasteiger partial charge on any atom is -0.478 e. The first-order chi connectivity index (χ1) is 10.2. The van der Waals surface area contributed by atoms with Crippen molar-refractivity contribution in [2.45, 2.75) is 11.4 Å². The van der Waals surface area contributed by atoms with Gasteiger partial charge in [0, 0.05) is 6.07 Å². The lowest BCUT2D eigenvalue weighted by Gasteiger charge is -2.13. The fourth-order valence-electron chi connectivity index (χ4n) is 1.73. The largest absolute Gasteiger partial charge is 0.478 e. The molecule has 21 heavy (non-hydrogen) atoms. The SMILES string of the molecule is CNSc1cc(C(=O)O)c(NCc2ccco2)cc1OCl. The maximum absolute atomic E-state index is 11.4. The van der Waals surface area contributed by atoms with Crippen molar-refractivity contribution >= 4 is 35.5 Å². The molecule has 0 aliphatic carbocycles. The summed E-state index contributed by atoms with van der Waals surface area (Å²) >= 11 is 6.65. The van der Waals surface area contributed by atoms with E-state index >= 15 is 0 Å². The van der Waals surface area contributed by atoms with E-state index in [1.54, 1.807) is 31.5 Å². The predicted molar refractivity (Wildman–Crippen MR) is 80.8 cm³/mol. The Bertz CT molecular complexity index is 619. The summed E-state index contributed by atoms with van der Waals surface area (Å²) in [4.78, 5) is 11.9. The van der Waals surface area contributed by atoms with Crippen LogP contribution in [0.4, 0.5) is 5.69 Å². The molecular weight excluding hydrogens is 316 g/mol. The molecule has 0 atom stereocenters. The van der Waals surface area contributed by atoms with E-state index in [9.17, 15) is 9.90 Å². The molecule has 1 aromatic heterocycles. The van der Waals surface area contributed by atoms with E-state index in [1.807, 2.05) is 0 Å². The van der Waals surface area contributed by atoms with Gasteiger partial charge in [0.05, 0.1) is 29.0 Å². The number of anilines is 1. The summed E-state index contributed by atoms with van der Waals surface area (Å²) in [6.07, 6.45) is 1.55. The molecule has 0 aliphatic rings. The van der Waals surface area contributed by atoms with E-state index in [1.165, 1.54) is 18.0 Å². The summed E-state index contributed by atoms with van der Waals surface area (Å²) in [6, 6.07) is 6.58. The van der Waals surface area contributed by atoms with Gasteiger partial charge in [0.25, 0.3) is 0 Å². The van der Waals surface area contributed by atoms with E-state index < -0.39 is 5.97 Å². The van der Waals surface area contributed by atoms with Crippen LogP contribution in [-0.4, -0.2) is 18.1 Å². The molecule has 8 heteroatoms. The summed E-state index contributed by atoms with van der Waals surface area (Å²) in [5, 5.41) is 12.3. The molecule has 2 rings (SSSR count). The Hall–Kier alpha value is -1.83. The zero-order valence-electron chi connectivity index (χ0n) is 11.1. The molecule has 0 saturated heterocycles. The summed E-state index contributed by atoms with van der Waals surface area (Å²) in [6.45, 7) is 0.355. The highest BCUT2D eigenvalue weighted by molar-refractivity contribution is 7.97. The van der Waals surface area contributed by atoms with E-state index in [0.717, 1.165) is 0 Å². The molecule has 6 nitrogen and oxygen atoms in total. The summed E-state index contributed by atoms with van der Waals surface area (Å²) < 4.78 is 12.8. The monoisotopic (exact) mass is 328 g/mol. The molecule has 0 bridgehead atoms. The Morgan fingerprint density at radius 3 is 2.90 bits per heavy atom. The second kappa shape index (κ2) is 7.26. The Balaban J connectivity index is 2.31. The lowest BCUT2D eigenvalue weighted by atomic mass is 10.1. The number of halogens is 1. The van der Waals surface area contributed by atoms with Gasteiger partial charge in [-0.2, -0.15) is 0 Å². The molecule has 0 spiro atoms. The van der Waals surface area contributed by atoms with Crippen molar-refractivity contribution in [3.63, 3.8) is 0 Å². The van der Waals surface area contributed by atoms with Gasteiger partial charge in [-0.15, -0.1) is 0 Å². The number of carboxylic acids is 1. The number of hydrogen-bond acceptors (Lipinski definition) is 6. The zero-order chi connectivity index (χ0) is 15.2. The summed E-state index contributed by atoms with van der Waals surface area (Å²) in [5.74, 6) is 0.00680. The van der Waals surface area contributed by atoms with Crippen molar-refractivity contribution in [1.82, 2.24) is 4.72 Å². The van der Waals surface area contributed by atoms with Gasteiger partial charge in [-0.05, 0) is 37.2 Å². The van der Waals surface area contributed by atoms with Crippen LogP contribution in [0.5, 0.6) is 5.75 Å². The number of carbonyl (C=O) groups is 1. The van der Waals surface area contributed by atoms with Gasteiger partial charge in [0.2, 0.25) is 0 Å². The van der Waals surface area contributed by atoms with Gasteiger partial charge >= 0.3 is 5.97 Å². The van der Waals surface area contributed by atoms with Crippen LogP contribution >= 0.6 is 23.8 Å². The molecule has 1 heterocycles. The first-order valence-electron chi connectivity index (χ1n) is 5.95. The number of hydrogen-bond donors (Lipinski definition) is 3. The molecule has 0 aliphatic heterocycles. The number of aromatic carboxylic acids is 1. The third-order valence-corrected chi connectivity index (χ3v) is 3.55. The molecule has 0 amide bonds. The topological polar surface area (TPSA) is 83.7 Å². The third-order valence-electron chi connectivity index (χ3n) is 2.64. The number of rotatable bonds is 7. The maximum atomic E-state index is 11.4. The Kier molecular flexibility index (Phi) is 5.38. The Morgan fingerprint density at radius 1 is 1.52 bits per heavy atom. The number of carboxylic acid groups (broad SMARTS) is 1. The lowest BCUT2D eigenvalue weighted by molar-refractivity contribution is 0.0697. The number of benzene rings is 1. The molecular formula is C13H13ClN2O4S. The highest BCUT2D eigenvalue weighted by Gasteiger charge is 2.16. The van der Waals surface area contributed by atoms with Gasteiger partial charge in [0.15, 0.2) is 5.75 Å². The molecule has 2 aromatic rings. The van der Waals surface area contributed by atoms with Crippen molar-refractivity contribution in [3.05, 3.63) is 41.9 Å². The lowest BCUT2D eigenvalue weighted by Crippen LogP contribution is -2.07. The molecule has 0 radical (unpaired) electrons. The smallest absolute Gasteiger partial charge is 0.337 e. The van der Waals surface area contributed by atoms with E-state index in [4.69, 9.17) is 20.6 Å². The second-order valence-corrected chi connectivity index (χ2v) is 5.17. The highest BCUT2D eigenvalue weighted by Crippen LogP contribution is 2.34. The second-order valence-electron chi connectivity index (χ2n) is 3.97. The van der Waals surface area contributed by atoms with Crippen molar-refractivity contribution in [2.75, 3.05) is 12.4 Å². The van der Waals surface area contributed by atoms with E-state index in [0.29, 0.717) is 28.6 Å². The molecule has 1 aromatic carbocycles. The third kappa shape index (κ3) is 3.84. The fraction of sp³-hybridized carbons (Fsp3) is 0.154. The van der Waals surface area contributed by atoms with E-state index in [2.05, 4.69) is 10.0 Å². The van der Waals surface area contributed by atoms with Gasteiger partial charge < -0.3 is 19.1 Å². The minimum absolute atomic E-state index is 0.122. The van der Waals surface area contributed by atoms with Gasteiger partial charge in [-0.25, -0.2) is 4.79 Å². The van der Waals surface area contributed by atoms with Crippen LogP contribution in [0.15, 0.2) is 39.8 Å². The quantitative estimate of drug-likeness (QED) is 0.672. The molecule has 112 valence electrons. The van der Waals surface area contributed by atoms with Crippen LogP contribution in [0, 0.1) is 0 Å².